The topological polar surface area (TPSA) is 54.4 Å². The fourth-order valence-corrected chi connectivity index (χ4v) is 3.14. The minimum atomic E-state index is -0.764. The van der Waals surface area contributed by atoms with E-state index in [-0.39, 0.29) is 17.6 Å². The average molecular weight is 196 g/mol. The van der Waals surface area contributed by atoms with E-state index in [1.807, 2.05) is 0 Å². The van der Waals surface area contributed by atoms with Crippen LogP contribution in [0.25, 0.3) is 0 Å². The van der Waals surface area contributed by atoms with Gasteiger partial charge in [0.05, 0.1) is 5.92 Å². The summed E-state index contributed by atoms with van der Waals surface area (Å²) in [5, 5.41) is 9.13. The molecule has 2 saturated carbocycles. The van der Waals surface area contributed by atoms with Crippen molar-refractivity contribution in [1.29, 1.82) is 0 Å². The van der Waals surface area contributed by atoms with Gasteiger partial charge in [-0.25, -0.2) is 0 Å². The maximum atomic E-state index is 11.3. The summed E-state index contributed by atoms with van der Waals surface area (Å²) in [6.07, 6.45) is 5.98. The SMILES string of the molecule is O=C1CCC2(CCCC2)C(C(=O)O)C1. The van der Waals surface area contributed by atoms with Crippen molar-refractivity contribution in [2.24, 2.45) is 11.3 Å². The fraction of sp³-hybridized carbons (Fsp3) is 0.818. The summed E-state index contributed by atoms with van der Waals surface area (Å²) >= 11 is 0. The molecule has 0 aliphatic heterocycles. The predicted molar refractivity (Wildman–Crippen MR) is 50.9 cm³/mol. The molecule has 2 fully saturated rings. The molecule has 0 amide bonds. The Morgan fingerprint density at radius 3 is 2.50 bits per heavy atom. The summed E-state index contributed by atoms with van der Waals surface area (Å²) < 4.78 is 0. The van der Waals surface area contributed by atoms with E-state index >= 15 is 0 Å². The lowest BCUT2D eigenvalue weighted by molar-refractivity contribution is -0.152. The highest BCUT2D eigenvalue weighted by molar-refractivity contribution is 5.85. The van der Waals surface area contributed by atoms with Gasteiger partial charge in [-0.3, -0.25) is 9.59 Å². The summed E-state index contributed by atoms with van der Waals surface area (Å²) in [5.41, 5.74) is -0.0280. The predicted octanol–water partition coefficient (Wildman–Crippen LogP) is 2.00. The molecule has 3 heteroatoms. The number of aliphatic carboxylic acids is 1. The van der Waals surface area contributed by atoms with E-state index in [1.165, 1.54) is 0 Å². The zero-order valence-electron chi connectivity index (χ0n) is 8.29. The standard InChI is InChI=1S/C11H16O3/c12-8-3-6-11(4-1-2-5-11)9(7-8)10(13)14/h9H,1-7H2,(H,13,14). The van der Waals surface area contributed by atoms with Gasteiger partial charge in [0.1, 0.15) is 5.78 Å². The monoisotopic (exact) mass is 196 g/mol. The zero-order chi connectivity index (χ0) is 10.2. The van der Waals surface area contributed by atoms with Crippen LogP contribution in [-0.2, 0) is 9.59 Å². The lowest BCUT2D eigenvalue weighted by atomic mass is 9.65. The first kappa shape index (κ1) is 9.69. The molecule has 1 spiro atoms. The number of hydrogen-bond donors (Lipinski definition) is 1. The minimum Gasteiger partial charge on any atom is -0.481 e. The Balaban J connectivity index is 2.21. The number of carbonyl (C=O) groups is 2. The van der Waals surface area contributed by atoms with Crippen molar-refractivity contribution in [3.8, 4) is 0 Å². The van der Waals surface area contributed by atoms with Crippen molar-refractivity contribution in [2.75, 3.05) is 0 Å². The molecular formula is C11H16O3. The van der Waals surface area contributed by atoms with E-state index in [9.17, 15) is 9.59 Å². The number of carboxylic acid groups (broad SMARTS) is 1. The molecule has 0 radical (unpaired) electrons. The van der Waals surface area contributed by atoms with Gasteiger partial charge in [-0.2, -0.15) is 0 Å². The molecule has 0 bridgehead atoms. The van der Waals surface area contributed by atoms with Crippen molar-refractivity contribution in [1.82, 2.24) is 0 Å². The van der Waals surface area contributed by atoms with E-state index in [1.54, 1.807) is 0 Å². The molecule has 0 aromatic heterocycles. The van der Waals surface area contributed by atoms with Gasteiger partial charge in [0.25, 0.3) is 0 Å². The molecule has 1 atom stereocenters. The first-order chi connectivity index (χ1) is 6.64. The molecule has 2 aliphatic rings. The normalized spacial score (nSPS) is 30.9. The van der Waals surface area contributed by atoms with Crippen molar-refractivity contribution >= 4 is 11.8 Å². The van der Waals surface area contributed by atoms with Gasteiger partial charge in [-0.05, 0) is 24.7 Å². The largest absolute Gasteiger partial charge is 0.481 e. The smallest absolute Gasteiger partial charge is 0.307 e. The van der Waals surface area contributed by atoms with Crippen molar-refractivity contribution in [2.45, 2.75) is 44.9 Å². The lowest BCUT2D eigenvalue weighted by Crippen LogP contribution is -2.39. The third kappa shape index (κ3) is 1.45. The van der Waals surface area contributed by atoms with Crippen LogP contribution in [0, 0.1) is 11.3 Å². The van der Waals surface area contributed by atoms with Gasteiger partial charge in [0, 0.05) is 12.8 Å². The van der Waals surface area contributed by atoms with Crippen LogP contribution in [0.2, 0.25) is 0 Å². The van der Waals surface area contributed by atoms with Crippen molar-refractivity contribution in [3.05, 3.63) is 0 Å². The Morgan fingerprint density at radius 2 is 1.93 bits per heavy atom. The quantitative estimate of drug-likeness (QED) is 0.697. The van der Waals surface area contributed by atoms with Crippen LogP contribution in [0.15, 0.2) is 0 Å². The minimum absolute atomic E-state index is 0.0280. The Bertz CT molecular complexity index is 264. The molecule has 14 heavy (non-hydrogen) atoms. The molecule has 0 heterocycles. The van der Waals surface area contributed by atoms with Crippen LogP contribution in [0.5, 0.6) is 0 Å². The highest BCUT2D eigenvalue weighted by atomic mass is 16.4. The van der Waals surface area contributed by atoms with Gasteiger partial charge < -0.3 is 5.11 Å². The second-order valence-corrected chi connectivity index (χ2v) is 4.70. The molecule has 1 unspecified atom stereocenters. The van der Waals surface area contributed by atoms with Gasteiger partial charge in [0.2, 0.25) is 0 Å². The molecule has 0 aromatic carbocycles. The second-order valence-electron chi connectivity index (χ2n) is 4.70. The first-order valence-electron chi connectivity index (χ1n) is 5.39. The maximum absolute atomic E-state index is 11.3. The van der Waals surface area contributed by atoms with E-state index in [2.05, 4.69) is 0 Å². The number of ketones is 1. The Hall–Kier alpha value is -0.860. The second kappa shape index (κ2) is 3.37. The summed E-state index contributed by atoms with van der Waals surface area (Å²) in [5.74, 6) is -1.03. The summed E-state index contributed by atoms with van der Waals surface area (Å²) in [6.45, 7) is 0. The maximum Gasteiger partial charge on any atom is 0.307 e. The van der Waals surface area contributed by atoms with E-state index in [0.717, 1.165) is 32.1 Å². The van der Waals surface area contributed by atoms with Crippen LogP contribution in [0.4, 0.5) is 0 Å². The number of hydrogen-bond acceptors (Lipinski definition) is 2. The molecule has 0 saturated heterocycles. The van der Waals surface area contributed by atoms with Gasteiger partial charge in [0.15, 0.2) is 0 Å². The van der Waals surface area contributed by atoms with Crippen LogP contribution >= 0.6 is 0 Å². The van der Waals surface area contributed by atoms with Gasteiger partial charge >= 0.3 is 5.97 Å². The number of carboxylic acids is 1. The molecule has 0 aromatic rings. The molecule has 3 nitrogen and oxygen atoms in total. The lowest BCUT2D eigenvalue weighted by Gasteiger charge is -2.38. The third-order valence-electron chi connectivity index (χ3n) is 3.97. The number of rotatable bonds is 1. The van der Waals surface area contributed by atoms with Crippen LogP contribution in [-0.4, -0.2) is 16.9 Å². The first-order valence-corrected chi connectivity index (χ1v) is 5.39. The Kier molecular flexibility index (Phi) is 2.33. The summed E-state index contributed by atoms with van der Waals surface area (Å²) in [6, 6.07) is 0. The Labute approximate surface area is 83.5 Å². The van der Waals surface area contributed by atoms with Crippen molar-refractivity contribution < 1.29 is 14.7 Å². The molecular weight excluding hydrogens is 180 g/mol. The van der Waals surface area contributed by atoms with Crippen LogP contribution < -0.4 is 0 Å². The number of Topliss-reactive ketones (excluding diaryl/α,β-unsaturated/α-hetero) is 1. The summed E-state index contributed by atoms with van der Waals surface area (Å²) in [4.78, 5) is 22.4. The van der Waals surface area contributed by atoms with E-state index in [4.69, 9.17) is 5.11 Å². The van der Waals surface area contributed by atoms with Gasteiger partial charge in [-0.15, -0.1) is 0 Å². The fourth-order valence-electron chi connectivity index (χ4n) is 3.14. The van der Waals surface area contributed by atoms with Crippen molar-refractivity contribution in [3.63, 3.8) is 0 Å². The zero-order valence-corrected chi connectivity index (χ0v) is 8.29. The Morgan fingerprint density at radius 1 is 1.29 bits per heavy atom. The van der Waals surface area contributed by atoms with Gasteiger partial charge in [-0.1, -0.05) is 12.8 Å². The van der Waals surface area contributed by atoms with E-state index < -0.39 is 11.9 Å². The highest BCUT2D eigenvalue weighted by Gasteiger charge is 2.48. The van der Waals surface area contributed by atoms with E-state index in [0.29, 0.717) is 6.42 Å². The molecule has 1 N–H and O–H groups in total. The highest BCUT2D eigenvalue weighted by Crippen LogP contribution is 2.51. The molecule has 2 aliphatic carbocycles. The van der Waals surface area contributed by atoms with Crippen LogP contribution in [0.1, 0.15) is 44.9 Å². The van der Waals surface area contributed by atoms with Crippen LogP contribution in [0.3, 0.4) is 0 Å². The average Bonchev–Trinajstić information content (AvgIpc) is 2.59. The molecule has 2 rings (SSSR count). The molecule has 78 valence electrons. The number of carbonyl (C=O) groups excluding carboxylic acids is 1. The third-order valence-corrected chi connectivity index (χ3v) is 3.97. The summed E-state index contributed by atoms with van der Waals surface area (Å²) in [7, 11) is 0.